The lowest BCUT2D eigenvalue weighted by Gasteiger charge is -2.01. The molecule has 2 heterocycles. The van der Waals surface area contributed by atoms with Gasteiger partial charge in [-0.2, -0.15) is 8.42 Å². The van der Waals surface area contributed by atoms with Crippen LogP contribution in [0.25, 0.3) is 6.08 Å². The van der Waals surface area contributed by atoms with Crippen LogP contribution < -0.4 is 5.73 Å². The summed E-state index contributed by atoms with van der Waals surface area (Å²) in [5.41, 5.74) is 5.55. The van der Waals surface area contributed by atoms with Gasteiger partial charge in [-0.05, 0) is 45.8 Å². The predicted octanol–water partition coefficient (Wildman–Crippen LogP) is 2.05. The van der Waals surface area contributed by atoms with E-state index in [2.05, 4.69) is 15.9 Å². The Morgan fingerprint density at radius 1 is 1.37 bits per heavy atom. The van der Waals surface area contributed by atoms with Gasteiger partial charge in [-0.1, -0.05) is 0 Å². The summed E-state index contributed by atoms with van der Waals surface area (Å²) >= 11 is 4.36. The molecule has 8 heteroatoms. The molecule has 2 rings (SSSR count). The summed E-state index contributed by atoms with van der Waals surface area (Å²) in [6.45, 7) is 0. The van der Waals surface area contributed by atoms with Gasteiger partial charge in [-0.3, -0.25) is 4.79 Å². The summed E-state index contributed by atoms with van der Waals surface area (Å²) in [5.74, 6) is -0.585. The minimum Gasteiger partial charge on any atom is -0.366 e. The van der Waals surface area contributed by atoms with E-state index in [0.29, 0.717) is 5.56 Å². The standard InChI is InChI=1S/C11H9BrN2O3S2/c12-9-2-4-11(18-9)19(16,17)14-6-5-8(7-14)1-3-10(13)15/h1-7H,(H2,13,15)/b3-1+. The van der Waals surface area contributed by atoms with E-state index in [1.807, 2.05) is 0 Å². The number of hydrogen-bond donors (Lipinski definition) is 1. The molecule has 0 atom stereocenters. The number of nitrogens with two attached hydrogens (primary N) is 1. The first-order valence-corrected chi connectivity index (χ1v) is 8.11. The quantitative estimate of drug-likeness (QED) is 0.847. The number of primary amides is 1. The zero-order chi connectivity index (χ0) is 14.0. The first kappa shape index (κ1) is 14.0. The minimum atomic E-state index is -3.58. The van der Waals surface area contributed by atoms with Crippen molar-refractivity contribution in [1.29, 1.82) is 0 Å². The van der Waals surface area contributed by atoms with Gasteiger partial charge in [-0.15, -0.1) is 11.3 Å². The Morgan fingerprint density at radius 2 is 2.11 bits per heavy atom. The summed E-state index contributed by atoms with van der Waals surface area (Å²) in [6, 6.07) is 4.79. The zero-order valence-electron chi connectivity index (χ0n) is 9.49. The monoisotopic (exact) mass is 360 g/mol. The van der Waals surface area contributed by atoms with Crippen molar-refractivity contribution < 1.29 is 13.2 Å². The molecule has 0 spiro atoms. The van der Waals surface area contributed by atoms with Gasteiger partial charge in [0.25, 0.3) is 10.0 Å². The Labute approximate surface area is 122 Å². The molecule has 0 bridgehead atoms. The number of halogens is 1. The predicted molar refractivity (Wildman–Crippen MR) is 77.3 cm³/mol. The summed E-state index contributed by atoms with van der Waals surface area (Å²) in [4.78, 5) is 10.6. The maximum Gasteiger partial charge on any atom is 0.277 e. The van der Waals surface area contributed by atoms with Crippen molar-refractivity contribution in [1.82, 2.24) is 3.97 Å². The number of hydrogen-bond acceptors (Lipinski definition) is 4. The Hall–Kier alpha value is -1.38. The molecule has 1 amide bonds. The summed E-state index contributed by atoms with van der Waals surface area (Å²) in [5, 5.41) is 0. The highest BCUT2D eigenvalue weighted by molar-refractivity contribution is 9.11. The number of amides is 1. The topological polar surface area (TPSA) is 82.2 Å². The lowest BCUT2D eigenvalue weighted by molar-refractivity contribution is -0.113. The van der Waals surface area contributed by atoms with Crippen molar-refractivity contribution in [3.05, 3.63) is 46.0 Å². The van der Waals surface area contributed by atoms with E-state index >= 15 is 0 Å². The van der Waals surface area contributed by atoms with Gasteiger partial charge >= 0.3 is 0 Å². The van der Waals surface area contributed by atoms with Crippen LogP contribution in [0.15, 0.2) is 44.7 Å². The molecule has 0 unspecified atom stereocenters. The molecule has 0 saturated carbocycles. The highest BCUT2D eigenvalue weighted by atomic mass is 79.9. The fraction of sp³-hybridized carbons (Fsp3) is 0. The average molecular weight is 361 g/mol. The Kier molecular flexibility index (Phi) is 3.93. The molecule has 0 aliphatic carbocycles. The van der Waals surface area contributed by atoms with Crippen LogP contribution in [-0.4, -0.2) is 18.3 Å². The highest BCUT2D eigenvalue weighted by Gasteiger charge is 2.18. The van der Waals surface area contributed by atoms with Gasteiger partial charge in [0.05, 0.1) is 3.79 Å². The van der Waals surface area contributed by atoms with Crippen molar-refractivity contribution in [2.45, 2.75) is 4.21 Å². The first-order chi connectivity index (χ1) is 8.89. The van der Waals surface area contributed by atoms with Crippen LogP contribution in [0.1, 0.15) is 5.56 Å². The molecule has 2 N–H and O–H groups in total. The van der Waals surface area contributed by atoms with Gasteiger partial charge in [0.1, 0.15) is 4.21 Å². The van der Waals surface area contributed by atoms with Crippen molar-refractivity contribution in [2.75, 3.05) is 0 Å². The van der Waals surface area contributed by atoms with Gasteiger partial charge in [0, 0.05) is 18.5 Å². The Balaban J connectivity index is 2.35. The van der Waals surface area contributed by atoms with Gasteiger partial charge in [-0.25, -0.2) is 3.97 Å². The third-order valence-electron chi connectivity index (χ3n) is 2.21. The third kappa shape index (κ3) is 3.14. The number of carbonyl (C=O) groups excluding carboxylic acids is 1. The molecular formula is C11H9BrN2O3S2. The largest absolute Gasteiger partial charge is 0.366 e. The van der Waals surface area contributed by atoms with Crippen LogP contribution in [-0.2, 0) is 14.8 Å². The normalized spacial score (nSPS) is 12.1. The minimum absolute atomic E-state index is 0.236. The number of rotatable bonds is 4. The lowest BCUT2D eigenvalue weighted by Crippen LogP contribution is -2.08. The van der Waals surface area contributed by atoms with E-state index in [-0.39, 0.29) is 4.21 Å². The molecule has 2 aromatic rings. The molecule has 0 fully saturated rings. The molecule has 0 radical (unpaired) electrons. The fourth-order valence-electron chi connectivity index (χ4n) is 1.36. The maximum atomic E-state index is 12.2. The molecule has 0 saturated heterocycles. The first-order valence-electron chi connectivity index (χ1n) is 5.06. The van der Waals surface area contributed by atoms with Gasteiger partial charge in [0.2, 0.25) is 5.91 Å². The van der Waals surface area contributed by atoms with Crippen molar-refractivity contribution in [3.63, 3.8) is 0 Å². The van der Waals surface area contributed by atoms with Crippen molar-refractivity contribution in [2.24, 2.45) is 5.73 Å². The molecule has 2 aromatic heterocycles. The average Bonchev–Trinajstić information content (AvgIpc) is 2.95. The zero-order valence-corrected chi connectivity index (χ0v) is 12.7. The summed E-state index contributed by atoms with van der Waals surface area (Å²) < 4.78 is 26.6. The van der Waals surface area contributed by atoms with E-state index in [1.54, 1.807) is 12.1 Å². The third-order valence-corrected chi connectivity index (χ3v) is 5.94. The van der Waals surface area contributed by atoms with Crippen LogP contribution in [0.2, 0.25) is 0 Å². The Morgan fingerprint density at radius 3 is 2.68 bits per heavy atom. The number of nitrogens with zero attached hydrogens (tertiary/aromatic N) is 1. The second-order valence-electron chi connectivity index (χ2n) is 3.57. The smallest absolute Gasteiger partial charge is 0.277 e. The second-order valence-corrected chi connectivity index (χ2v) is 8.11. The van der Waals surface area contributed by atoms with Crippen LogP contribution in [0.5, 0.6) is 0 Å². The van der Waals surface area contributed by atoms with Crippen molar-refractivity contribution >= 4 is 49.3 Å². The lowest BCUT2D eigenvalue weighted by atomic mass is 10.3. The van der Waals surface area contributed by atoms with Crippen LogP contribution >= 0.6 is 27.3 Å². The van der Waals surface area contributed by atoms with Gasteiger partial charge in [0.15, 0.2) is 0 Å². The van der Waals surface area contributed by atoms with Gasteiger partial charge < -0.3 is 5.73 Å². The second kappa shape index (κ2) is 5.32. The SMILES string of the molecule is NC(=O)/C=C/c1ccn(S(=O)(=O)c2ccc(Br)s2)c1. The number of aromatic nitrogens is 1. The molecule has 0 aromatic carbocycles. The van der Waals surface area contributed by atoms with Crippen LogP contribution in [0, 0.1) is 0 Å². The van der Waals surface area contributed by atoms with Crippen LogP contribution in [0.4, 0.5) is 0 Å². The molecule has 100 valence electrons. The molecule has 19 heavy (non-hydrogen) atoms. The molecule has 0 aliphatic heterocycles. The molecule has 5 nitrogen and oxygen atoms in total. The maximum absolute atomic E-state index is 12.2. The van der Waals surface area contributed by atoms with Crippen LogP contribution in [0.3, 0.4) is 0 Å². The van der Waals surface area contributed by atoms with Crippen molar-refractivity contribution in [3.8, 4) is 0 Å². The van der Waals surface area contributed by atoms with E-state index in [9.17, 15) is 13.2 Å². The molecular weight excluding hydrogens is 352 g/mol. The molecule has 0 aliphatic rings. The van der Waals surface area contributed by atoms with E-state index in [0.717, 1.165) is 19.1 Å². The fourth-order valence-corrected chi connectivity index (χ4v) is 4.68. The van der Waals surface area contributed by atoms with E-state index in [4.69, 9.17) is 5.73 Å². The Bertz CT molecular complexity index is 744. The summed E-state index contributed by atoms with van der Waals surface area (Å²) in [7, 11) is -3.58. The van der Waals surface area contributed by atoms with E-state index < -0.39 is 15.9 Å². The summed E-state index contributed by atoms with van der Waals surface area (Å²) in [6.07, 6.45) is 5.47. The number of carbonyl (C=O) groups is 1. The highest BCUT2D eigenvalue weighted by Crippen LogP contribution is 2.27. The number of thiophene rings is 1. The van der Waals surface area contributed by atoms with E-state index in [1.165, 1.54) is 30.6 Å².